The Bertz CT molecular complexity index is 875. The largest absolute Gasteiger partial charge is 0.449 e. The highest BCUT2D eigenvalue weighted by atomic mass is 16.5. The molecule has 1 N–H and O–H groups in total. The molecule has 29 heavy (non-hydrogen) atoms. The Morgan fingerprint density at radius 2 is 1.55 bits per heavy atom. The van der Waals surface area contributed by atoms with Crippen molar-refractivity contribution in [3.8, 4) is 0 Å². The fourth-order valence-electron chi connectivity index (χ4n) is 3.46. The van der Waals surface area contributed by atoms with Crippen molar-refractivity contribution in [3.63, 3.8) is 0 Å². The molecule has 0 radical (unpaired) electrons. The first-order valence-corrected chi connectivity index (χ1v) is 9.91. The van der Waals surface area contributed by atoms with Crippen molar-refractivity contribution >= 4 is 23.5 Å². The van der Waals surface area contributed by atoms with E-state index in [9.17, 15) is 14.4 Å². The quantitative estimate of drug-likeness (QED) is 0.760. The van der Waals surface area contributed by atoms with Crippen molar-refractivity contribution < 1.29 is 19.1 Å². The molecule has 1 aliphatic rings. The second-order valence-electron chi connectivity index (χ2n) is 7.28. The van der Waals surface area contributed by atoms with Gasteiger partial charge in [-0.15, -0.1) is 0 Å². The number of amides is 2. The predicted octanol–water partition coefficient (Wildman–Crippen LogP) is 3.57. The number of nitrogens with zero attached hydrogens (tertiary/aromatic N) is 1. The number of anilines is 1. The average molecular weight is 394 g/mol. The van der Waals surface area contributed by atoms with Crippen LogP contribution in [-0.4, -0.2) is 37.0 Å². The Hall–Kier alpha value is -3.15. The van der Waals surface area contributed by atoms with Crippen LogP contribution in [0.15, 0.2) is 54.6 Å². The van der Waals surface area contributed by atoms with Gasteiger partial charge in [-0.3, -0.25) is 9.59 Å². The van der Waals surface area contributed by atoms with E-state index >= 15 is 0 Å². The lowest BCUT2D eigenvalue weighted by molar-refractivity contribution is -0.129. The van der Waals surface area contributed by atoms with E-state index in [0.717, 1.165) is 25.7 Å². The molecule has 1 saturated carbocycles. The fourth-order valence-corrected chi connectivity index (χ4v) is 3.46. The van der Waals surface area contributed by atoms with Gasteiger partial charge in [0.2, 0.25) is 0 Å². The molecular weight excluding hydrogens is 368 g/mol. The van der Waals surface area contributed by atoms with Crippen LogP contribution in [0.5, 0.6) is 0 Å². The number of para-hydroxylation sites is 1. The molecule has 2 aromatic rings. The zero-order chi connectivity index (χ0) is 20.8. The maximum Gasteiger partial charge on any atom is 0.339 e. The summed E-state index contributed by atoms with van der Waals surface area (Å²) in [6, 6.07) is 15.8. The second-order valence-corrected chi connectivity index (χ2v) is 7.28. The van der Waals surface area contributed by atoms with E-state index in [1.165, 1.54) is 11.0 Å². The third kappa shape index (κ3) is 5.02. The third-order valence-corrected chi connectivity index (χ3v) is 5.18. The molecule has 0 heterocycles. The van der Waals surface area contributed by atoms with E-state index in [1.807, 2.05) is 30.3 Å². The van der Waals surface area contributed by atoms with Crippen molar-refractivity contribution in [1.82, 2.24) is 5.32 Å². The lowest BCUT2D eigenvalue weighted by Crippen LogP contribution is -2.41. The molecule has 2 aromatic carbocycles. The van der Waals surface area contributed by atoms with Gasteiger partial charge in [0.05, 0.1) is 11.1 Å². The van der Waals surface area contributed by atoms with E-state index in [2.05, 4.69) is 5.32 Å². The topological polar surface area (TPSA) is 75.7 Å². The van der Waals surface area contributed by atoms with Gasteiger partial charge in [0.15, 0.2) is 6.10 Å². The first kappa shape index (κ1) is 20.6. The minimum absolute atomic E-state index is 0.140. The van der Waals surface area contributed by atoms with Crippen LogP contribution < -0.4 is 10.2 Å². The number of ether oxygens (including phenoxy) is 1. The van der Waals surface area contributed by atoms with Gasteiger partial charge in [0.1, 0.15) is 0 Å². The first-order chi connectivity index (χ1) is 14.0. The van der Waals surface area contributed by atoms with Gasteiger partial charge in [-0.1, -0.05) is 43.2 Å². The van der Waals surface area contributed by atoms with Crippen LogP contribution in [0.1, 0.15) is 53.3 Å². The highest BCUT2D eigenvalue weighted by molar-refractivity contribution is 6.12. The predicted molar refractivity (Wildman–Crippen MR) is 111 cm³/mol. The molecule has 1 atom stereocenters. The number of benzene rings is 2. The molecule has 152 valence electrons. The SMILES string of the molecule is C[C@@H](OC(=O)c1ccccc1C(=O)N(C)c1ccccc1)C(=O)NC1CCCC1. The summed E-state index contributed by atoms with van der Waals surface area (Å²) in [5.41, 5.74) is 1.08. The van der Waals surface area contributed by atoms with Gasteiger partial charge in [-0.2, -0.15) is 0 Å². The molecule has 0 aliphatic heterocycles. The smallest absolute Gasteiger partial charge is 0.339 e. The van der Waals surface area contributed by atoms with E-state index < -0.39 is 12.1 Å². The van der Waals surface area contributed by atoms with Crippen LogP contribution in [0.3, 0.4) is 0 Å². The minimum atomic E-state index is -0.932. The molecule has 0 saturated heterocycles. The Morgan fingerprint density at radius 1 is 0.966 bits per heavy atom. The summed E-state index contributed by atoms with van der Waals surface area (Å²) in [4.78, 5) is 39.5. The van der Waals surface area contributed by atoms with E-state index in [-0.39, 0.29) is 29.0 Å². The molecular formula is C23H26N2O4. The average Bonchev–Trinajstić information content (AvgIpc) is 3.26. The number of carbonyl (C=O) groups is 3. The van der Waals surface area contributed by atoms with Crippen LogP contribution in [0.4, 0.5) is 5.69 Å². The van der Waals surface area contributed by atoms with Gasteiger partial charge in [-0.05, 0) is 44.0 Å². The zero-order valence-corrected chi connectivity index (χ0v) is 16.8. The number of hydrogen-bond acceptors (Lipinski definition) is 4. The standard InChI is InChI=1S/C23H26N2O4/c1-16(21(26)24-17-10-6-7-11-17)29-23(28)20-15-9-8-14-19(20)22(27)25(2)18-12-4-3-5-13-18/h3-5,8-9,12-17H,6-7,10-11H2,1-2H3,(H,24,26)/t16-/m1/s1. The Balaban J connectivity index is 1.71. The van der Waals surface area contributed by atoms with Gasteiger partial charge in [0.25, 0.3) is 11.8 Å². The summed E-state index contributed by atoms with van der Waals surface area (Å²) in [6.07, 6.45) is 3.18. The van der Waals surface area contributed by atoms with Crippen molar-refractivity contribution in [3.05, 3.63) is 65.7 Å². The summed E-state index contributed by atoms with van der Waals surface area (Å²) >= 11 is 0. The maximum atomic E-state index is 13.0. The minimum Gasteiger partial charge on any atom is -0.449 e. The zero-order valence-electron chi connectivity index (χ0n) is 16.8. The fraction of sp³-hybridized carbons (Fsp3) is 0.348. The van der Waals surface area contributed by atoms with Crippen LogP contribution in [0, 0.1) is 0 Å². The van der Waals surface area contributed by atoms with Crippen LogP contribution >= 0.6 is 0 Å². The van der Waals surface area contributed by atoms with Crippen molar-refractivity contribution in [2.75, 3.05) is 11.9 Å². The third-order valence-electron chi connectivity index (χ3n) is 5.18. The Labute approximate surface area is 170 Å². The summed E-state index contributed by atoms with van der Waals surface area (Å²) in [6.45, 7) is 1.54. The summed E-state index contributed by atoms with van der Waals surface area (Å²) < 4.78 is 5.36. The summed E-state index contributed by atoms with van der Waals surface area (Å²) in [7, 11) is 1.65. The van der Waals surface area contributed by atoms with E-state index in [4.69, 9.17) is 4.74 Å². The number of carbonyl (C=O) groups excluding carboxylic acids is 3. The number of esters is 1. The van der Waals surface area contributed by atoms with Crippen molar-refractivity contribution in [2.24, 2.45) is 0 Å². The molecule has 6 heteroatoms. The van der Waals surface area contributed by atoms with Crippen LogP contribution in [0.2, 0.25) is 0 Å². The molecule has 0 unspecified atom stereocenters. The molecule has 1 fully saturated rings. The van der Waals surface area contributed by atoms with Crippen molar-refractivity contribution in [2.45, 2.75) is 44.8 Å². The van der Waals surface area contributed by atoms with Crippen LogP contribution in [-0.2, 0) is 9.53 Å². The highest BCUT2D eigenvalue weighted by Crippen LogP contribution is 2.20. The number of hydrogen-bond donors (Lipinski definition) is 1. The molecule has 0 aromatic heterocycles. The molecule has 0 spiro atoms. The van der Waals surface area contributed by atoms with Gasteiger partial charge in [-0.25, -0.2) is 4.79 Å². The van der Waals surface area contributed by atoms with E-state index in [1.54, 1.807) is 32.2 Å². The molecule has 0 bridgehead atoms. The number of nitrogens with one attached hydrogen (secondary N) is 1. The molecule has 1 aliphatic carbocycles. The normalized spacial score (nSPS) is 14.8. The lowest BCUT2D eigenvalue weighted by Gasteiger charge is -2.20. The second kappa shape index (κ2) is 9.37. The maximum absolute atomic E-state index is 13.0. The van der Waals surface area contributed by atoms with Gasteiger partial charge in [0, 0.05) is 18.8 Å². The highest BCUT2D eigenvalue weighted by Gasteiger charge is 2.26. The Kier molecular flexibility index (Phi) is 6.65. The Morgan fingerprint density at radius 3 is 2.21 bits per heavy atom. The number of rotatable bonds is 6. The summed E-state index contributed by atoms with van der Waals surface area (Å²) in [5.74, 6) is -1.33. The van der Waals surface area contributed by atoms with Crippen molar-refractivity contribution in [1.29, 1.82) is 0 Å². The van der Waals surface area contributed by atoms with Crippen LogP contribution in [0.25, 0.3) is 0 Å². The lowest BCUT2D eigenvalue weighted by atomic mass is 10.1. The molecule has 3 rings (SSSR count). The molecule has 2 amide bonds. The molecule has 6 nitrogen and oxygen atoms in total. The monoisotopic (exact) mass is 394 g/mol. The van der Waals surface area contributed by atoms with Gasteiger partial charge >= 0.3 is 5.97 Å². The van der Waals surface area contributed by atoms with Gasteiger partial charge < -0.3 is 15.0 Å². The van der Waals surface area contributed by atoms with E-state index in [0.29, 0.717) is 5.69 Å². The first-order valence-electron chi connectivity index (χ1n) is 9.91. The summed E-state index contributed by atoms with van der Waals surface area (Å²) in [5, 5.41) is 2.92.